The van der Waals surface area contributed by atoms with E-state index in [1.807, 2.05) is 24.3 Å². The average Bonchev–Trinajstić information content (AvgIpc) is 2.83. The van der Waals surface area contributed by atoms with Crippen LogP contribution in [0.15, 0.2) is 24.3 Å². The minimum absolute atomic E-state index is 0.0760. The van der Waals surface area contributed by atoms with Gasteiger partial charge in [0.2, 0.25) is 5.91 Å². The van der Waals surface area contributed by atoms with E-state index < -0.39 is 0 Å². The number of carbonyl (C=O) groups is 1. The summed E-state index contributed by atoms with van der Waals surface area (Å²) in [7, 11) is 0. The molecule has 2 rings (SSSR count). The molecule has 0 bridgehead atoms. The van der Waals surface area contributed by atoms with Gasteiger partial charge in [-0.05, 0) is 30.9 Å². The molecule has 1 aromatic carbocycles. The molecule has 1 saturated carbocycles. The van der Waals surface area contributed by atoms with Crippen LogP contribution in [0.25, 0.3) is 0 Å². The topological polar surface area (TPSA) is 55.1 Å². The van der Waals surface area contributed by atoms with Crippen molar-refractivity contribution in [2.24, 2.45) is 11.7 Å². The SMILES string of the molecule is CC(C)(CNC(=O)C1CCC(N)C1)c1ccccc1Cl. The monoisotopic (exact) mass is 294 g/mol. The van der Waals surface area contributed by atoms with Crippen LogP contribution in [0.4, 0.5) is 0 Å². The number of hydrogen-bond acceptors (Lipinski definition) is 2. The number of hydrogen-bond donors (Lipinski definition) is 2. The predicted octanol–water partition coefficient (Wildman–Crippen LogP) is 2.86. The Bertz CT molecular complexity index is 487. The molecule has 0 saturated heterocycles. The van der Waals surface area contributed by atoms with Gasteiger partial charge in [-0.3, -0.25) is 4.79 Å². The lowest BCUT2D eigenvalue weighted by molar-refractivity contribution is -0.125. The van der Waals surface area contributed by atoms with Crippen molar-refractivity contribution in [1.82, 2.24) is 5.32 Å². The summed E-state index contributed by atoms with van der Waals surface area (Å²) in [4.78, 5) is 12.2. The molecule has 3 N–H and O–H groups in total. The summed E-state index contributed by atoms with van der Waals surface area (Å²) < 4.78 is 0. The van der Waals surface area contributed by atoms with Gasteiger partial charge in [-0.25, -0.2) is 0 Å². The zero-order chi connectivity index (χ0) is 14.8. The lowest BCUT2D eigenvalue weighted by atomic mass is 9.84. The number of amides is 1. The zero-order valence-corrected chi connectivity index (χ0v) is 12.9. The summed E-state index contributed by atoms with van der Waals surface area (Å²) >= 11 is 6.24. The number of benzene rings is 1. The number of nitrogens with one attached hydrogen (secondary N) is 1. The van der Waals surface area contributed by atoms with E-state index in [1.165, 1.54) is 0 Å². The van der Waals surface area contributed by atoms with Crippen LogP contribution in [0.5, 0.6) is 0 Å². The van der Waals surface area contributed by atoms with E-state index in [0.717, 1.165) is 29.8 Å². The number of rotatable bonds is 4. The highest BCUT2D eigenvalue weighted by molar-refractivity contribution is 6.31. The Balaban J connectivity index is 1.96. The van der Waals surface area contributed by atoms with Crippen molar-refractivity contribution in [3.05, 3.63) is 34.9 Å². The van der Waals surface area contributed by atoms with Gasteiger partial charge in [-0.1, -0.05) is 43.6 Å². The molecule has 0 radical (unpaired) electrons. The normalized spacial score (nSPS) is 22.8. The molecule has 1 aromatic rings. The van der Waals surface area contributed by atoms with E-state index in [-0.39, 0.29) is 23.3 Å². The minimum atomic E-state index is -0.186. The van der Waals surface area contributed by atoms with Crippen LogP contribution in [0.3, 0.4) is 0 Å². The standard InChI is InChI=1S/C16H23ClN2O/c1-16(2,13-5-3-4-6-14(13)17)10-19-15(20)11-7-8-12(18)9-11/h3-6,11-12H,7-10,18H2,1-2H3,(H,19,20). The fraction of sp³-hybridized carbons (Fsp3) is 0.562. The highest BCUT2D eigenvalue weighted by atomic mass is 35.5. The molecule has 0 aromatic heterocycles. The Labute approximate surface area is 125 Å². The lowest BCUT2D eigenvalue weighted by Gasteiger charge is -2.27. The highest BCUT2D eigenvalue weighted by Gasteiger charge is 2.29. The summed E-state index contributed by atoms with van der Waals surface area (Å²) in [6.45, 7) is 4.77. The maximum absolute atomic E-state index is 12.2. The third-order valence-corrected chi connectivity index (χ3v) is 4.48. The van der Waals surface area contributed by atoms with Crippen LogP contribution >= 0.6 is 11.6 Å². The second kappa shape index (κ2) is 6.15. The van der Waals surface area contributed by atoms with Crippen LogP contribution in [0.1, 0.15) is 38.7 Å². The van der Waals surface area contributed by atoms with Gasteiger partial charge in [0.1, 0.15) is 0 Å². The quantitative estimate of drug-likeness (QED) is 0.897. The zero-order valence-electron chi connectivity index (χ0n) is 12.2. The van der Waals surface area contributed by atoms with Crippen molar-refractivity contribution in [3.8, 4) is 0 Å². The first-order chi connectivity index (χ1) is 9.40. The van der Waals surface area contributed by atoms with E-state index in [9.17, 15) is 4.79 Å². The summed E-state index contributed by atoms with van der Waals surface area (Å²) in [5, 5.41) is 3.80. The van der Waals surface area contributed by atoms with Crippen molar-refractivity contribution < 1.29 is 4.79 Å². The van der Waals surface area contributed by atoms with Crippen molar-refractivity contribution in [1.29, 1.82) is 0 Å². The maximum atomic E-state index is 12.2. The summed E-state index contributed by atoms with van der Waals surface area (Å²) in [5.74, 6) is 0.199. The molecule has 0 heterocycles. The molecule has 4 heteroatoms. The Kier molecular flexibility index (Phi) is 4.71. The lowest BCUT2D eigenvalue weighted by Crippen LogP contribution is -2.39. The van der Waals surface area contributed by atoms with Gasteiger partial charge in [0.15, 0.2) is 0 Å². The van der Waals surface area contributed by atoms with Gasteiger partial charge in [-0.15, -0.1) is 0 Å². The molecule has 2 atom stereocenters. The molecular weight excluding hydrogens is 272 g/mol. The minimum Gasteiger partial charge on any atom is -0.355 e. The van der Waals surface area contributed by atoms with Crippen molar-refractivity contribution >= 4 is 17.5 Å². The Morgan fingerprint density at radius 2 is 2.10 bits per heavy atom. The number of carbonyl (C=O) groups excluding carboxylic acids is 1. The summed E-state index contributed by atoms with van der Waals surface area (Å²) in [6.07, 6.45) is 2.66. The van der Waals surface area contributed by atoms with Crippen LogP contribution in [-0.4, -0.2) is 18.5 Å². The van der Waals surface area contributed by atoms with Crippen LogP contribution in [0.2, 0.25) is 5.02 Å². The molecule has 1 amide bonds. The van der Waals surface area contributed by atoms with Crippen molar-refractivity contribution in [2.75, 3.05) is 6.54 Å². The van der Waals surface area contributed by atoms with Gasteiger partial charge in [0.05, 0.1) is 0 Å². The van der Waals surface area contributed by atoms with Gasteiger partial charge >= 0.3 is 0 Å². The number of halogens is 1. The van der Waals surface area contributed by atoms with E-state index in [4.69, 9.17) is 17.3 Å². The molecule has 0 spiro atoms. The molecule has 1 aliphatic carbocycles. The smallest absolute Gasteiger partial charge is 0.223 e. The van der Waals surface area contributed by atoms with E-state index in [2.05, 4.69) is 19.2 Å². The molecule has 110 valence electrons. The molecule has 1 aliphatic rings. The van der Waals surface area contributed by atoms with Crippen LogP contribution < -0.4 is 11.1 Å². The molecule has 0 aliphatic heterocycles. The van der Waals surface area contributed by atoms with Gasteiger partial charge in [0, 0.05) is 28.9 Å². The second-order valence-electron chi connectivity index (χ2n) is 6.35. The van der Waals surface area contributed by atoms with E-state index >= 15 is 0 Å². The first-order valence-electron chi connectivity index (χ1n) is 7.18. The van der Waals surface area contributed by atoms with Gasteiger partial charge in [0.25, 0.3) is 0 Å². The van der Waals surface area contributed by atoms with Gasteiger partial charge in [-0.2, -0.15) is 0 Å². The third kappa shape index (κ3) is 3.53. The fourth-order valence-electron chi connectivity index (χ4n) is 2.81. The Morgan fingerprint density at radius 1 is 1.40 bits per heavy atom. The predicted molar refractivity (Wildman–Crippen MR) is 82.8 cm³/mol. The van der Waals surface area contributed by atoms with Crippen LogP contribution in [-0.2, 0) is 10.2 Å². The molecular formula is C16H23ClN2O. The molecule has 2 unspecified atom stereocenters. The molecule has 3 nitrogen and oxygen atoms in total. The van der Waals surface area contributed by atoms with Crippen molar-refractivity contribution in [3.63, 3.8) is 0 Å². The molecule has 1 fully saturated rings. The summed E-state index contributed by atoms with van der Waals surface area (Å²) in [5.41, 5.74) is 6.73. The van der Waals surface area contributed by atoms with E-state index in [1.54, 1.807) is 0 Å². The third-order valence-electron chi connectivity index (χ3n) is 4.15. The first-order valence-corrected chi connectivity index (χ1v) is 7.56. The van der Waals surface area contributed by atoms with E-state index in [0.29, 0.717) is 6.54 Å². The van der Waals surface area contributed by atoms with Crippen molar-refractivity contribution in [2.45, 2.75) is 44.6 Å². The largest absolute Gasteiger partial charge is 0.355 e. The highest BCUT2D eigenvalue weighted by Crippen LogP contribution is 2.29. The Hall–Kier alpha value is -1.06. The van der Waals surface area contributed by atoms with Crippen LogP contribution in [0, 0.1) is 5.92 Å². The first kappa shape index (κ1) is 15.3. The fourth-order valence-corrected chi connectivity index (χ4v) is 3.20. The average molecular weight is 295 g/mol. The second-order valence-corrected chi connectivity index (χ2v) is 6.76. The molecule has 20 heavy (non-hydrogen) atoms. The maximum Gasteiger partial charge on any atom is 0.223 e. The summed E-state index contributed by atoms with van der Waals surface area (Å²) in [6, 6.07) is 7.97. The Morgan fingerprint density at radius 3 is 2.70 bits per heavy atom. The van der Waals surface area contributed by atoms with Gasteiger partial charge < -0.3 is 11.1 Å². The number of nitrogens with two attached hydrogens (primary N) is 1.